The average molecular weight is 453 g/mol. The van der Waals surface area contributed by atoms with Crippen LogP contribution < -0.4 is 21.7 Å². The highest BCUT2D eigenvalue weighted by Gasteiger charge is 2.31. The van der Waals surface area contributed by atoms with Crippen molar-refractivity contribution in [2.24, 2.45) is 5.73 Å². The molecule has 0 unspecified atom stereocenters. The molecule has 168 valence electrons. The number of fused-ring (bicyclic) bond motifs is 1. The lowest BCUT2D eigenvalue weighted by Crippen LogP contribution is -2.53. The molecule has 1 fully saturated rings. The van der Waals surface area contributed by atoms with E-state index in [1.54, 1.807) is 26.0 Å². The van der Waals surface area contributed by atoms with E-state index in [4.69, 9.17) is 17.3 Å². The molecule has 0 aromatic heterocycles. The SMILES string of the molecule is CC(C)(N)C(=O)NC1CCC(N/C(=C2\C(=O)Nc3cc(Cl)ccc32)c2ccccc2)CC1. The van der Waals surface area contributed by atoms with Crippen LogP contribution in [0.15, 0.2) is 48.5 Å². The van der Waals surface area contributed by atoms with Crippen molar-refractivity contribution in [2.45, 2.75) is 57.2 Å². The first-order chi connectivity index (χ1) is 15.2. The topological polar surface area (TPSA) is 96.2 Å². The van der Waals surface area contributed by atoms with Crippen LogP contribution >= 0.6 is 11.6 Å². The summed E-state index contributed by atoms with van der Waals surface area (Å²) in [5.74, 6) is -0.265. The molecule has 7 heteroatoms. The maximum atomic E-state index is 13.0. The van der Waals surface area contributed by atoms with Crippen molar-refractivity contribution >= 4 is 40.4 Å². The summed E-state index contributed by atoms with van der Waals surface area (Å²) >= 11 is 6.13. The van der Waals surface area contributed by atoms with E-state index in [1.807, 2.05) is 36.4 Å². The lowest BCUT2D eigenvalue weighted by Gasteiger charge is -2.33. The van der Waals surface area contributed by atoms with Gasteiger partial charge in [0.1, 0.15) is 0 Å². The molecule has 0 radical (unpaired) electrons. The zero-order valence-electron chi connectivity index (χ0n) is 18.4. The molecule has 1 heterocycles. The third kappa shape index (κ3) is 4.81. The minimum atomic E-state index is -0.883. The second kappa shape index (κ2) is 8.96. The summed E-state index contributed by atoms with van der Waals surface area (Å²) in [5.41, 5.74) is 9.00. The Labute approximate surface area is 193 Å². The second-order valence-electron chi connectivity index (χ2n) is 9.15. The highest BCUT2D eigenvalue weighted by atomic mass is 35.5. The molecule has 4 rings (SSSR count). The Balaban J connectivity index is 1.57. The molecular formula is C25H29ClN4O2. The molecule has 0 spiro atoms. The minimum absolute atomic E-state index is 0.119. The molecule has 32 heavy (non-hydrogen) atoms. The summed E-state index contributed by atoms with van der Waals surface area (Å²) in [6, 6.07) is 15.7. The number of halogens is 1. The van der Waals surface area contributed by atoms with Crippen LogP contribution in [0, 0.1) is 0 Å². The molecule has 2 aromatic carbocycles. The molecule has 1 aliphatic heterocycles. The number of hydrogen-bond acceptors (Lipinski definition) is 4. The van der Waals surface area contributed by atoms with E-state index in [9.17, 15) is 9.59 Å². The van der Waals surface area contributed by atoms with Gasteiger partial charge in [-0.05, 0) is 57.2 Å². The molecular weight excluding hydrogens is 424 g/mol. The van der Waals surface area contributed by atoms with Crippen LogP contribution in [0.3, 0.4) is 0 Å². The number of nitrogens with two attached hydrogens (primary N) is 1. The first-order valence-electron chi connectivity index (χ1n) is 11.0. The van der Waals surface area contributed by atoms with Gasteiger partial charge in [-0.1, -0.05) is 48.0 Å². The van der Waals surface area contributed by atoms with E-state index in [0.29, 0.717) is 10.6 Å². The van der Waals surface area contributed by atoms with Gasteiger partial charge in [-0.2, -0.15) is 0 Å². The Hall–Kier alpha value is -2.83. The number of nitrogens with one attached hydrogen (secondary N) is 3. The maximum Gasteiger partial charge on any atom is 0.258 e. The largest absolute Gasteiger partial charge is 0.381 e. The minimum Gasteiger partial charge on any atom is -0.381 e. The van der Waals surface area contributed by atoms with Crippen LogP contribution in [-0.2, 0) is 9.59 Å². The number of carbonyl (C=O) groups is 2. The van der Waals surface area contributed by atoms with E-state index >= 15 is 0 Å². The molecule has 5 N–H and O–H groups in total. The van der Waals surface area contributed by atoms with Gasteiger partial charge in [-0.3, -0.25) is 9.59 Å². The standard InChI is InChI=1S/C25H29ClN4O2/c1-25(2,27)24(32)29-18-11-9-17(10-12-18)28-22(15-6-4-3-5-7-15)21-19-13-8-16(26)14-20(19)30-23(21)31/h3-8,13-14,17-18,28H,9-12,27H2,1-2H3,(H,29,32)(H,30,31)/b22-21-. The normalized spacial score (nSPS) is 22.1. The smallest absolute Gasteiger partial charge is 0.258 e. The maximum absolute atomic E-state index is 13.0. The fourth-order valence-electron chi connectivity index (χ4n) is 4.26. The highest BCUT2D eigenvalue weighted by Crippen LogP contribution is 2.38. The Kier molecular flexibility index (Phi) is 6.26. The Bertz CT molecular complexity index is 1050. The van der Waals surface area contributed by atoms with Gasteiger partial charge in [-0.15, -0.1) is 0 Å². The average Bonchev–Trinajstić information content (AvgIpc) is 3.07. The number of benzene rings is 2. The Morgan fingerprint density at radius 3 is 2.28 bits per heavy atom. The molecule has 0 bridgehead atoms. The van der Waals surface area contributed by atoms with Crippen molar-refractivity contribution in [3.8, 4) is 0 Å². The van der Waals surface area contributed by atoms with E-state index in [0.717, 1.165) is 48.2 Å². The van der Waals surface area contributed by atoms with Gasteiger partial charge in [0.2, 0.25) is 5.91 Å². The zero-order valence-corrected chi connectivity index (χ0v) is 19.1. The number of rotatable bonds is 5. The molecule has 0 saturated heterocycles. The Morgan fingerprint density at radius 2 is 1.66 bits per heavy atom. The summed E-state index contributed by atoms with van der Waals surface area (Å²) < 4.78 is 0. The van der Waals surface area contributed by atoms with Gasteiger partial charge < -0.3 is 21.7 Å². The van der Waals surface area contributed by atoms with E-state index in [1.165, 1.54) is 0 Å². The molecule has 2 aromatic rings. The molecule has 2 aliphatic rings. The second-order valence-corrected chi connectivity index (χ2v) is 9.58. The van der Waals surface area contributed by atoms with Crippen molar-refractivity contribution in [2.75, 3.05) is 5.32 Å². The van der Waals surface area contributed by atoms with Crippen molar-refractivity contribution in [3.63, 3.8) is 0 Å². The number of amides is 2. The molecule has 0 atom stereocenters. The van der Waals surface area contributed by atoms with Gasteiger partial charge >= 0.3 is 0 Å². The summed E-state index contributed by atoms with van der Waals surface area (Å²) in [6.07, 6.45) is 3.48. The summed E-state index contributed by atoms with van der Waals surface area (Å²) in [7, 11) is 0. The van der Waals surface area contributed by atoms with E-state index in [-0.39, 0.29) is 23.9 Å². The highest BCUT2D eigenvalue weighted by molar-refractivity contribution is 6.38. The van der Waals surface area contributed by atoms with Crippen LogP contribution in [0.5, 0.6) is 0 Å². The summed E-state index contributed by atoms with van der Waals surface area (Å²) in [6.45, 7) is 3.43. The molecule has 1 aliphatic carbocycles. The van der Waals surface area contributed by atoms with E-state index in [2.05, 4.69) is 16.0 Å². The van der Waals surface area contributed by atoms with Crippen LogP contribution in [0.1, 0.15) is 50.7 Å². The van der Waals surface area contributed by atoms with Gasteiger partial charge in [0.25, 0.3) is 5.91 Å². The van der Waals surface area contributed by atoms with Crippen molar-refractivity contribution < 1.29 is 9.59 Å². The number of anilines is 1. The van der Waals surface area contributed by atoms with Crippen LogP contribution in [0.4, 0.5) is 5.69 Å². The van der Waals surface area contributed by atoms with Crippen LogP contribution in [0.2, 0.25) is 5.02 Å². The van der Waals surface area contributed by atoms with Gasteiger partial charge in [0.15, 0.2) is 0 Å². The number of hydrogen-bond donors (Lipinski definition) is 4. The fourth-order valence-corrected chi connectivity index (χ4v) is 4.43. The third-order valence-electron chi connectivity index (χ3n) is 6.03. The predicted octanol–water partition coefficient (Wildman–Crippen LogP) is 3.91. The van der Waals surface area contributed by atoms with Gasteiger partial charge in [0, 0.05) is 22.7 Å². The molecule has 1 saturated carbocycles. The number of carbonyl (C=O) groups excluding carboxylic acids is 2. The van der Waals surface area contributed by atoms with E-state index < -0.39 is 5.54 Å². The van der Waals surface area contributed by atoms with Crippen molar-refractivity contribution in [1.82, 2.24) is 10.6 Å². The monoisotopic (exact) mass is 452 g/mol. The molecule has 2 amide bonds. The lowest BCUT2D eigenvalue weighted by atomic mass is 9.89. The first-order valence-corrected chi connectivity index (χ1v) is 11.4. The van der Waals surface area contributed by atoms with Gasteiger partial charge in [0.05, 0.1) is 22.5 Å². The molecule has 6 nitrogen and oxygen atoms in total. The third-order valence-corrected chi connectivity index (χ3v) is 6.27. The first kappa shape index (κ1) is 22.4. The Morgan fingerprint density at radius 1 is 1.03 bits per heavy atom. The summed E-state index contributed by atoms with van der Waals surface area (Å²) in [4.78, 5) is 25.2. The quantitative estimate of drug-likeness (QED) is 0.517. The zero-order chi connectivity index (χ0) is 22.9. The fraction of sp³-hybridized carbons (Fsp3) is 0.360. The lowest BCUT2D eigenvalue weighted by molar-refractivity contribution is -0.126. The van der Waals surface area contributed by atoms with Crippen molar-refractivity contribution in [3.05, 3.63) is 64.7 Å². The predicted molar refractivity (Wildman–Crippen MR) is 129 cm³/mol. The van der Waals surface area contributed by atoms with Gasteiger partial charge in [-0.25, -0.2) is 0 Å². The van der Waals surface area contributed by atoms with Crippen LogP contribution in [-0.4, -0.2) is 29.4 Å². The summed E-state index contributed by atoms with van der Waals surface area (Å²) in [5, 5.41) is 10.2. The van der Waals surface area contributed by atoms with Crippen molar-refractivity contribution in [1.29, 1.82) is 0 Å². The van der Waals surface area contributed by atoms with Crippen LogP contribution in [0.25, 0.3) is 11.3 Å².